The quantitative estimate of drug-likeness (QED) is 0.278. The molecule has 0 aromatic carbocycles. The molecule has 11 heavy (non-hydrogen) atoms. The molecule has 1 aliphatic heterocycles. The Labute approximate surface area is 66.1 Å². The first kappa shape index (κ1) is 8.45. The Balaban J connectivity index is 2.38. The van der Waals surface area contributed by atoms with Crippen LogP contribution in [0.1, 0.15) is 6.92 Å². The van der Waals surface area contributed by atoms with Crippen molar-refractivity contribution in [1.29, 1.82) is 0 Å². The predicted octanol–water partition coefficient (Wildman–Crippen LogP) is -1.47. The van der Waals surface area contributed by atoms with E-state index >= 15 is 0 Å². The Kier molecular flexibility index (Phi) is 2.81. The van der Waals surface area contributed by atoms with Crippen molar-refractivity contribution in [1.82, 2.24) is 15.4 Å². The second kappa shape index (κ2) is 3.66. The number of carbonyl (C=O) groups excluding carboxylic acids is 1. The number of hydrogen-bond donors (Lipinski definition) is 2. The van der Waals surface area contributed by atoms with Crippen LogP contribution in [0.15, 0.2) is 0 Å². The van der Waals surface area contributed by atoms with Crippen molar-refractivity contribution in [2.75, 3.05) is 26.2 Å². The fraction of sp³-hybridized carbons (Fsp3) is 0.833. The zero-order valence-electron chi connectivity index (χ0n) is 6.71. The number of hydrogen-bond acceptors (Lipinski definition) is 4. The maximum Gasteiger partial charge on any atom is 0.248 e. The predicted molar refractivity (Wildman–Crippen MR) is 41.2 cm³/mol. The molecule has 0 aromatic heterocycles. The van der Waals surface area contributed by atoms with Gasteiger partial charge in [0.05, 0.1) is 0 Å². The molecule has 1 rings (SSSR count). The topological polar surface area (TPSA) is 61.6 Å². The van der Waals surface area contributed by atoms with Crippen LogP contribution in [-0.4, -0.2) is 42.2 Å². The maximum absolute atomic E-state index is 10.8. The van der Waals surface area contributed by atoms with Crippen LogP contribution in [0.4, 0.5) is 0 Å². The standard InChI is InChI=1S/C6H14N4O/c1-6(11)10(7)9-4-2-8-3-5-9/h8H,2-5,7H2,1H3. The smallest absolute Gasteiger partial charge is 0.248 e. The first-order valence-electron chi connectivity index (χ1n) is 3.73. The fourth-order valence-electron chi connectivity index (χ4n) is 1.07. The van der Waals surface area contributed by atoms with Crippen LogP contribution in [0.2, 0.25) is 0 Å². The number of nitrogens with two attached hydrogens (primary N) is 1. The van der Waals surface area contributed by atoms with Gasteiger partial charge in [-0.3, -0.25) is 4.79 Å². The number of piperazine rings is 1. The summed E-state index contributed by atoms with van der Waals surface area (Å²) in [5.41, 5.74) is 0. The lowest BCUT2D eigenvalue weighted by Gasteiger charge is -2.33. The SMILES string of the molecule is CC(=O)N(N)N1CCNCC1. The molecular formula is C6H14N4O. The van der Waals surface area contributed by atoms with Crippen molar-refractivity contribution in [3.63, 3.8) is 0 Å². The monoisotopic (exact) mass is 158 g/mol. The average molecular weight is 158 g/mol. The van der Waals surface area contributed by atoms with Crippen LogP contribution in [0.25, 0.3) is 0 Å². The minimum Gasteiger partial charge on any atom is -0.314 e. The van der Waals surface area contributed by atoms with Crippen LogP contribution in [0.3, 0.4) is 0 Å². The lowest BCUT2D eigenvalue weighted by molar-refractivity contribution is -0.148. The third kappa shape index (κ3) is 2.14. The molecule has 1 amide bonds. The summed E-state index contributed by atoms with van der Waals surface area (Å²) in [5, 5.41) is 6.19. The average Bonchev–Trinajstić information content (AvgIpc) is 2.05. The molecular weight excluding hydrogens is 144 g/mol. The first-order valence-corrected chi connectivity index (χ1v) is 3.73. The van der Waals surface area contributed by atoms with Crippen molar-refractivity contribution >= 4 is 5.91 Å². The zero-order valence-corrected chi connectivity index (χ0v) is 6.71. The van der Waals surface area contributed by atoms with Gasteiger partial charge in [-0.05, 0) is 0 Å². The molecule has 5 heteroatoms. The Morgan fingerprint density at radius 3 is 2.55 bits per heavy atom. The normalized spacial score (nSPS) is 19.8. The highest BCUT2D eigenvalue weighted by Crippen LogP contribution is 1.94. The summed E-state index contributed by atoms with van der Waals surface area (Å²) in [6.45, 7) is 4.84. The largest absolute Gasteiger partial charge is 0.314 e. The van der Waals surface area contributed by atoms with Crippen molar-refractivity contribution in [3.8, 4) is 0 Å². The van der Waals surface area contributed by atoms with Crippen LogP contribution in [-0.2, 0) is 4.79 Å². The Bertz CT molecular complexity index is 144. The summed E-state index contributed by atoms with van der Waals surface area (Å²) < 4.78 is 0. The summed E-state index contributed by atoms with van der Waals surface area (Å²) in [6.07, 6.45) is 0. The van der Waals surface area contributed by atoms with Crippen LogP contribution in [0.5, 0.6) is 0 Å². The second-order valence-electron chi connectivity index (χ2n) is 2.57. The maximum atomic E-state index is 10.8. The molecule has 3 N–H and O–H groups in total. The Morgan fingerprint density at radius 1 is 1.55 bits per heavy atom. The number of rotatable bonds is 1. The van der Waals surface area contributed by atoms with Gasteiger partial charge >= 0.3 is 0 Å². The third-order valence-electron chi connectivity index (χ3n) is 1.72. The van der Waals surface area contributed by atoms with E-state index in [0.717, 1.165) is 26.2 Å². The molecule has 0 atom stereocenters. The Hall–Kier alpha value is -0.650. The van der Waals surface area contributed by atoms with Gasteiger partial charge in [0.25, 0.3) is 0 Å². The van der Waals surface area contributed by atoms with Gasteiger partial charge in [-0.25, -0.2) is 16.0 Å². The van der Waals surface area contributed by atoms with E-state index in [9.17, 15) is 4.79 Å². The number of hydrazine groups is 2. The lowest BCUT2D eigenvalue weighted by Crippen LogP contribution is -2.56. The number of carbonyl (C=O) groups is 1. The van der Waals surface area contributed by atoms with E-state index in [1.165, 1.54) is 12.0 Å². The van der Waals surface area contributed by atoms with Crippen molar-refractivity contribution in [2.45, 2.75) is 6.92 Å². The first-order chi connectivity index (χ1) is 5.22. The van der Waals surface area contributed by atoms with Crippen molar-refractivity contribution in [3.05, 3.63) is 0 Å². The fourth-order valence-corrected chi connectivity index (χ4v) is 1.07. The van der Waals surface area contributed by atoms with Gasteiger partial charge < -0.3 is 5.32 Å². The second-order valence-corrected chi connectivity index (χ2v) is 2.57. The number of nitrogens with zero attached hydrogens (tertiary/aromatic N) is 2. The summed E-state index contributed by atoms with van der Waals surface area (Å²) >= 11 is 0. The number of nitrogens with one attached hydrogen (secondary N) is 1. The lowest BCUT2D eigenvalue weighted by atomic mass is 10.4. The highest BCUT2D eigenvalue weighted by molar-refractivity contribution is 5.71. The van der Waals surface area contributed by atoms with E-state index < -0.39 is 0 Å². The van der Waals surface area contributed by atoms with E-state index in [4.69, 9.17) is 5.84 Å². The highest BCUT2D eigenvalue weighted by Gasteiger charge is 2.16. The molecule has 0 radical (unpaired) electrons. The van der Waals surface area contributed by atoms with Gasteiger partial charge in [0.1, 0.15) is 0 Å². The molecule has 1 aliphatic rings. The van der Waals surface area contributed by atoms with E-state index in [0.29, 0.717) is 0 Å². The molecule has 0 aliphatic carbocycles. The molecule has 1 heterocycles. The van der Waals surface area contributed by atoms with E-state index in [1.807, 2.05) is 5.01 Å². The van der Waals surface area contributed by atoms with Gasteiger partial charge in [0, 0.05) is 33.1 Å². The summed E-state index contributed by atoms with van der Waals surface area (Å²) in [5.74, 6) is 5.35. The zero-order chi connectivity index (χ0) is 8.27. The number of amides is 1. The summed E-state index contributed by atoms with van der Waals surface area (Å²) in [6, 6.07) is 0. The van der Waals surface area contributed by atoms with Gasteiger partial charge in [-0.15, -0.1) is 0 Å². The van der Waals surface area contributed by atoms with Gasteiger partial charge in [0.15, 0.2) is 0 Å². The van der Waals surface area contributed by atoms with Gasteiger partial charge in [-0.1, -0.05) is 0 Å². The molecule has 0 bridgehead atoms. The molecule has 0 unspecified atom stereocenters. The van der Waals surface area contributed by atoms with Crippen LogP contribution < -0.4 is 11.2 Å². The molecule has 0 spiro atoms. The van der Waals surface area contributed by atoms with Crippen LogP contribution >= 0.6 is 0 Å². The summed E-state index contributed by atoms with van der Waals surface area (Å²) in [4.78, 5) is 10.8. The van der Waals surface area contributed by atoms with E-state index in [-0.39, 0.29) is 5.91 Å². The van der Waals surface area contributed by atoms with E-state index in [1.54, 1.807) is 0 Å². The highest BCUT2D eigenvalue weighted by atomic mass is 16.2. The summed E-state index contributed by atoms with van der Waals surface area (Å²) in [7, 11) is 0. The molecule has 0 aromatic rings. The van der Waals surface area contributed by atoms with E-state index in [2.05, 4.69) is 5.32 Å². The minimum atomic E-state index is -0.119. The van der Waals surface area contributed by atoms with Gasteiger partial charge in [-0.2, -0.15) is 0 Å². The van der Waals surface area contributed by atoms with Crippen molar-refractivity contribution in [2.24, 2.45) is 5.84 Å². The van der Waals surface area contributed by atoms with Gasteiger partial charge in [0.2, 0.25) is 5.91 Å². The molecule has 5 nitrogen and oxygen atoms in total. The molecule has 64 valence electrons. The molecule has 0 saturated carbocycles. The molecule has 1 saturated heterocycles. The minimum absolute atomic E-state index is 0.119. The van der Waals surface area contributed by atoms with Crippen LogP contribution in [0, 0.1) is 0 Å². The molecule has 1 fully saturated rings. The third-order valence-corrected chi connectivity index (χ3v) is 1.72. The van der Waals surface area contributed by atoms with Crippen molar-refractivity contribution < 1.29 is 4.79 Å². The Morgan fingerprint density at radius 2 is 2.09 bits per heavy atom.